The number of rotatable bonds is 2. The number of aryl methyl sites for hydroxylation is 1. The van der Waals surface area contributed by atoms with Crippen LogP contribution in [0, 0.1) is 12.8 Å². The highest BCUT2D eigenvalue weighted by molar-refractivity contribution is 5.95. The summed E-state index contributed by atoms with van der Waals surface area (Å²) in [5, 5.41) is 11.7. The van der Waals surface area contributed by atoms with Gasteiger partial charge in [0.1, 0.15) is 5.69 Å². The Morgan fingerprint density at radius 1 is 1.44 bits per heavy atom. The van der Waals surface area contributed by atoms with Gasteiger partial charge in [-0.25, -0.2) is 9.97 Å². The highest BCUT2D eigenvalue weighted by Crippen LogP contribution is 2.20. The van der Waals surface area contributed by atoms with Gasteiger partial charge in [-0.05, 0) is 31.7 Å². The van der Waals surface area contributed by atoms with Gasteiger partial charge in [-0.3, -0.25) is 0 Å². The summed E-state index contributed by atoms with van der Waals surface area (Å²) in [6.07, 6.45) is 2.30. The van der Waals surface area contributed by atoms with Gasteiger partial charge in [-0.2, -0.15) is 0 Å². The Labute approximate surface area is 107 Å². The standard InChI is InChI=1S/C12H19N5O/c1-8-3-5-17(6-4-8)12-14-9(2)7-10(15-12)11(13)16-18/h7-8,18H,3-6H2,1-2H3,(H2,13,16). The third-order valence-corrected chi connectivity index (χ3v) is 3.28. The Morgan fingerprint density at radius 2 is 2.11 bits per heavy atom. The van der Waals surface area contributed by atoms with E-state index in [-0.39, 0.29) is 5.84 Å². The quantitative estimate of drug-likeness (QED) is 0.355. The Morgan fingerprint density at radius 3 is 2.72 bits per heavy atom. The van der Waals surface area contributed by atoms with Crippen molar-refractivity contribution in [2.24, 2.45) is 16.8 Å². The first-order valence-electron chi connectivity index (χ1n) is 6.18. The summed E-state index contributed by atoms with van der Waals surface area (Å²) in [5.41, 5.74) is 6.87. The van der Waals surface area contributed by atoms with Gasteiger partial charge in [0, 0.05) is 18.8 Å². The number of nitrogens with zero attached hydrogens (tertiary/aromatic N) is 4. The number of hydrogen-bond acceptors (Lipinski definition) is 5. The minimum Gasteiger partial charge on any atom is -0.409 e. The average Bonchev–Trinajstić information content (AvgIpc) is 2.38. The average molecular weight is 249 g/mol. The molecule has 0 bridgehead atoms. The largest absolute Gasteiger partial charge is 0.409 e. The van der Waals surface area contributed by atoms with Gasteiger partial charge in [-0.15, -0.1) is 0 Å². The van der Waals surface area contributed by atoms with Crippen LogP contribution in [0.2, 0.25) is 0 Å². The monoisotopic (exact) mass is 249 g/mol. The molecule has 18 heavy (non-hydrogen) atoms. The molecule has 0 unspecified atom stereocenters. The van der Waals surface area contributed by atoms with E-state index in [2.05, 4.69) is 26.9 Å². The molecule has 1 aliphatic heterocycles. The van der Waals surface area contributed by atoms with Crippen LogP contribution in [0.1, 0.15) is 31.2 Å². The molecule has 0 atom stereocenters. The van der Waals surface area contributed by atoms with Crippen molar-refractivity contribution in [2.75, 3.05) is 18.0 Å². The van der Waals surface area contributed by atoms with Crippen LogP contribution in [0.25, 0.3) is 0 Å². The fraction of sp³-hybridized carbons (Fsp3) is 0.583. The van der Waals surface area contributed by atoms with E-state index in [0.717, 1.165) is 37.5 Å². The summed E-state index contributed by atoms with van der Waals surface area (Å²) in [6, 6.07) is 1.71. The Bertz CT molecular complexity index is 452. The molecule has 1 saturated heterocycles. The van der Waals surface area contributed by atoms with Crippen molar-refractivity contribution in [3.8, 4) is 0 Å². The lowest BCUT2D eigenvalue weighted by Crippen LogP contribution is -2.34. The number of hydrogen-bond donors (Lipinski definition) is 2. The third-order valence-electron chi connectivity index (χ3n) is 3.28. The zero-order chi connectivity index (χ0) is 13.1. The smallest absolute Gasteiger partial charge is 0.226 e. The predicted molar refractivity (Wildman–Crippen MR) is 69.9 cm³/mol. The van der Waals surface area contributed by atoms with Crippen LogP contribution in [0.5, 0.6) is 0 Å². The van der Waals surface area contributed by atoms with E-state index >= 15 is 0 Å². The number of nitrogens with two attached hydrogens (primary N) is 1. The molecule has 6 nitrogen and oxygen atoms in total. The molecular formula is C12H19N5O. The molecule has 0 aliphatic carbocycles. The number of amidine groups is 1. The van der Waals surface area contributed by atoms with Gasteiger partial charge in [0.15, 0.2) is 5.84 Å². The lowest BCUT2D eigenvalue weighted by molar-refractivity contribution is 0.318. The van der Waals surface area contributed by atoms with Crippen LogP contribution in [-0.4, -0.2) is 34.1 Å². The molecule has 1 aromatic heterocycles. The first-order chi connectivity index (χ1) is 8.60. The lowest BCUT2D eigenvalue weighted by atomic mass is 10.00. The van der Waals surface area contributed by atoms with Gasteiger partial charge in [0.05, 0.1) is 0 Å². The zero-order valence-electron chi connectivity index (χ0n) is 10.8. The molecule has 0 amide bonds. The third kappa shape index (κ3) is 2.69. The second-order valence-electron chi connectivity index (χ2n) is 4.85. The maximum atomic E-state index is 8.70. The lowest BCUT2D eigenvalue weighted by Gasteiger charge is -2.30. The molecule has 0 aromatic carbocycles. The number of oxime groups is 1. The van der Waals surface area contributed by atoms with Crippen molar-refractivity contribution in [3.63, 3.8) is 0 Å². The Balaban J connectivity index is 2.25. The second-order valence-corrected chi connectivity index (χ2v) is 4.85. The molecule has 1 fully saturated rings. The topological polar surface area (TPSA) is 87.6 Å². The van der Waals surface area contributed by atoms with Crippen LogP contribution in [-0.2, 0) is 0 Å². The summed E-state index contributed by atoms with van der Waals surface area (Å²) in [6.45, 7) is 6.06. The molecule has 2 rings (SSSR count). The molecule has 1 aromatic rings. The fourth-order valence-corrected chi connectivity index (χ4v) is 2.09. The van der Waals surface area contributed by atoms with Crippen LogP contribution in [0.4, 0.5) is 5.95 Å². The van der Waals surface area contributed by atoms with Gasteiger partial charge in [-0.1, -0.05) is 12.1 Å². The van der Waals surface area contributed by atoms with E-state index < -0.39 is 0 Å². The van der Waals surface area contributed by atoms with Gasteiger partial charge in [0.25, 0.3) is 0 Å². The maximum Gasteiger partial charge on any atom is 0.226 e. The molecule has 2 heterocycles. The van der Waals surface area contributed by atoms with Crippen molar-refractivity contribution < 1.29 is 5.21 Å². The highest BCUT2D eigenvalue weighted by Gasteiger charge is 2.19. The highest BCUT2D eigenvalue weighted by atomic mass is 16.4. The molecule has 0 radical (unpaired) electrons. The van der Waals surface area contributed by atoms with Crippen LogP contribution in [0.15, 0.2) is 11.2 Å². The van der Waals surface area contributed by atoms with Crippen LogP contribution < -0.4 is 10.6 Å². The molecule has 6 heteroatoms. The molecule has 98 valence electrons. The van der Waals surface area contributed by atoms with Gasteiger partial charge < -0.3 is 15.8 Å². The van der Waals surface area contributed by atoms with E-state index in [1.165, 1.54) is 0 Å². The Kier molecular flexibility index (Phi) is 3.64. The molecule has 0 saturated carbocycles. The molecule has 1 aliphatic rings. The first kappa shape index (κ1) is 12.6. The van der Waals surface area contributed by atoms with E-state index in [1.807, 2.05) is 6.92 Å². The number of anilines is 1. The Hall–Kier alpha value is -1.85. The summed E-state index contributed by atoms with van der Waals surface area (Å²) < 4.78 is 0. The summed E-state index contributed by atoms with van der Waals surface area (Å²) in [7, 11) is 0. The summed E-state index contributed by atoms with van der Waals surface area (Å²) in [5.74, 6) is 1.45. The van der Waals surface area contributed by atoms with Crippen LogP contribution in [0.3, 0.4) is 0 Å². The van der Waals surface area contributed by atoms with Crippen LogP contribution >= 0.6 is 0 Å². The maximum absolute atomic E-state index is 8.70. The molecular weight excluding hydrogens is 230 g/mol. The van der Waals surface area contributed by atoms with E-state index in [1.54, 1.807) is 6.07 Å². The van der Waals surface area contributed by atoms with Crippen molar-refractivity contribution in [3.05, 3.63) is 17.5 Å². The van der Waals surface area contributed by atoms with Crippen molar-refractivity contribution in [1.29, 1.82) is 0 Å². The van der Waals surface area contributed by atoms with Crippen molar-refractivity contribution in [2.45, 2.75) is 26.7 Å². The van der Waals surface area contributed by atoms with E-state index in [4.69, 9.17) is 10.9 Å². The summed E-state index contributed by atoms with van der Waals surface area (Å²) in [4.78, 5) is 10.9. The van der Waals surface area contributed by atoms with E-state index in [0.29, 0.717) is 11.6 Å². The normalized spacial score (nSPS) is 18.1. The predicted octanol–water partition coefficient (Wildman–Crippen LogP) is 1.12. The number of piperidine rings is 1. The summed E-state index contributed by atoms with van der Waals surface area (Å²) >= 11 is 0. The minimum atomic E-state index is 0.0205. The first-order valence-corrected chi connectivity index (χ1v) is 6.18. The zero-order valence-corrected chi connectivity index (χ0v) is 10.8. The molecule has 3 N–H and O–H groups in total. The SMILES string of the molecule is Cc1cc(/C(N)=N/O)nc(N2CCC(C)CC2)n1. The second kappa shape index (κ2) is 5.20. The number of aromatic nitrogens is 2. The molecule has 0 spiro atoms. The fourth-order valence-electron chi connectivity index (χ4n) is 2.09. The van der Waals surface area contributed by atoms with Gasteiger partial charge in [0.2, 0.25) is 5.95 Å². The van der Waals surface area contributed by atoms with Crippen molar-refractivity contribution >= 4 is 11.8 Å². The van der Waals surface area contributed by atoms with Crippen molar-refractivity contribution in [1.82, 2.24) is 9.97 Å². The van der Waals surface area contributed by atoms with E-state index in [9.17, 15) is 0 Å². The van der Waals surface area contributed by atoms with Gasteiger partial charge >= 0.3 is 0 Å². The minimum absolute atomic E-state index is 0.0205.